The van der Waals surface area contributed by atoms with Crippen molar-refractivity contribution in [3.63, 3.8) is 0 Å². The van der Waals surface area contributed by atoms with Gasteiger partial charge in [-0.25, -0.2) is 0 Å². The van der Waals surface area contributed by atoms with Crippen molar-refractivity contribution in [2.45, 2.75) is 19.1 Å². The summed E-state index contributed by atoms with van der Waals surface area (Å²) in [5.41, 5.74) is 0.508. The first-order valence-corrected chi connectivity index (χ1v) is 5.75. The molecule has 0 radical (unpaired) electrons. The number of carbonyl (C=O) groups is 1. The lowest BCUT2D eigenvalue weighted by Gasteiger charge is -2.13. The molecule has 0 aliphatic carbocycles. The van der Waals surface area contributed by atoms with Crippen LogP contribution in [0.3, 0.4) is 0 Å². The van der Waals surface area contributed by atoms with Crippen molar-refractivity contribution < 1.29 is 15.0 Å². The first-order valence-electron chi connectivity index (χ1n) is 5.00. The Morgan fingerprint density at radius 3 is 2.29 bits per heavy atom. The third-order valence-electron chi connectivity index (χ3n) is 2.12. The lowest BCUT2D eigenvalue weighted by molar-refractivity contribution is -0.128. The molecule has 0 spiro atoms. The second-order valence-corrected chi connectivity index (χ2v) is 4.51. The Labute approximate surface area is 109 Å². The summed E-state index contributed by atoms with van der Waals surface area (Å²) in [7, 11) is 0. The number of hydrogen-bond acceptors (Lipinski definition) is 3. The van der Waals surface area contributed by atoms with Gasteiger partial charge in [-0.15, -0.1) is 0 Å². The number of aliphatic hydroxyl groups is 2. The van der Waals surface area contributed by atoms with Gasteiger partial charge in [0.2, 0.25) is 5.91 Å². The molecular weight excluding hydrogens is 265 g/mol. The number of hydrogen-bond donors (Lipinski definition) is 3. The molecule has 0 heterocycles. The Bertz CT molecular complexity index is 389. The summed E-state index contributed by atoms with van der Waals surface area (Å²) in [6, 6.07) is 4.67. The lowest BCUT2D eigenvalue weighted by atomic mass is 10.1. The third-order valence-corrected chi connectivity index (χ3v) is 2.56. The molecule has 0 aromatic heterocycles. The average Bonchev–Trinajstić information content (AvgIpc) is 2.23. The van der Waals surface area contributed by atoms with Crippen LogP contribution in [0.5, 0.6) is 0 Å². The number of nitrogens with one attached hydrogen (secondary N) is 1. The minimum absolute atomic E-state index is 0.0135. The predicted molar refractivity (Wildman–Crippen MR) is 66.1 cm³/mol. The van der Waals surface area contributed by atoms with E-state index in [4.69, 9.17) is 28.3 Å². The van der Waals surface area contributed by atoms with Gasteiger partial charge in [0.15, 0.2) is 0 Å². The smallest absolute Gasteiger partial charge is 0.248 e. The molecule has 0 bridgehead atoms. The normalized spacial score (nSPS) is 14.2. The van der Waals surface area contributed by atoms with Crippen LogP contribution in [-0.2, 0) is 4.79 Å². The van der Waals surface area contributed by atoms with E-state index in [1.54, 1.807) is 18.2 Å². The van der Waals surface area contributed by atoms with Gasteiger partial charge < -0.3 is 15.5 Å². The highest BCUT2D eigenvalue weighted by atomic mass is 35.5. The molecule has 6 heteroatoms. The molecule has 3 N–H and O–H groups in total. The maximum absolute atomic E-state index is 11.1. The largest absolute Gasteiger partial charge is 0.387 e. The number of halogens is 2. The molecule has 1 aromatic rings. The monoisotopic (exact) mass is 277 g/mol. The highest BCUT2D eigenvalue weighted by Crippen LogP contribution is 2.23. The molecule has 17 heavy (non-hydrogen) atoms. The van der Waals surface area contributed by atoms with Gasteiger partial charge in [-0.2, -0.15) is 0 Å². The Balaban J connectivity index is 2.63. The van der Waals surface area contributed by atoms with Crippen LogP contribution in [0.2, 0.25) is 10.0 Å². The van der Waals surface area contributed by atoms with E-state index in [1.807, 2.05) is 0 Å². The zero-order valence-corrected chi connectivity index (χ0v) is 10.7. The summed E-state index contributed by atoms with van der Waals surface area (Å²) < 4.78 is 0. The molecule has 0 saturated carbocycles. The van der Waals surface area contributed by atoms with Crippen molar-refractivity contribution in [3.8, 4) is 0 Å². The number of aliphatic hydroxyl groups excluding tert-OH is 2. The second-order valence-electron chi connectivity index (χ2n) is 3.64. The standard InChI is InChI=1S/C11H13Cl2NO3/c1-6(15)11(17)14-5-10(16)7-2-8(12)4-9(13)3-7/h2-4,6,10,15-16H,5H2,1H3,(H,14,17). The quantitative estimate of drug-likeness (QED) is 0.782. The molecule has 0 fully saturated rings. The van der Waals surface area contributed by atoms with Crippen molar-refractivity contribution >= 4 is 29.1 Å². The van der Waals surface area contributed by atoms with E-state index in [0.717, 1.165) is 0 Å². The Morgan fingerprint density at radius 2 is 1.82 bits per heavy atom. The van der Waals surface area contributed by atoms with Crippen molar-refractivity contribution in [2.24, 2.45) is 0 Å². The summed E-state index contributed by atoms with van der Waals surface area (Å²) in [5, 5.41) is 22.0. The number of carbonyl (C=O) groups excluding carboxylic acids is 1. The number of rotatable bonds is 4. The topological polar surface area (TPSA) is 69.6 Å². The molecule has 2 atom stereocenters. The predicted octanol–water partition coefficient (Wildman–Crippen LogP) is 1.52. The summed E-state index contributed by atoms with van der Waals surface area (Å²) >= 11 is 11.6. The van der Waals surface area contributed by atoms with Crippen molar-refractivity contribution in [3.05, 3.63) is 33.8 Å². The fourth-order valence-electron chi connectivity index (χ4n) is 1.23. The van der Waals surface area contributed by atoms with Gasteiger partial charge in [0.1, 0.15) is 6.10 Å². The highest BCUT2D eigenvalue weighted by Gasteiger charge is 2.13. The second kappa shape index (κ2) is 6.21. The van der Waals surface area contributed by atoms with Crippen molar-refractivity contribution in [1.82, 2.24) is 5.32 Å². The van der Waals surface area contributed by atoms with Crippen LogP contribution in [0, 0.1) is 0 Å². The van der Waals surface area contributed by atoms with Gasteiger partial charge in [0.05, 0.1) is 6.10 Å². The SMILES string of the molecule is CC(O)C(=O)NCC(O)c1cc(Cl)cc(Cl)c1. The van der Waals surface area contributed by atoms with Crippen LogP contribution < -0.4 is 5.32 Å². The Hall–Kier alpha value is -0.810. The summed E-state index contributed by atoms with van der Waals surface area (Å²) in [5.74, 6) is -0.544. The summed E-state index contributed by atoms with van der Waals surface area (Å²) in [6.07, 6.45) is -2.03. The number of benzene rings is 1. The van der Waals surface area contributed by atoms with E-state index >= 15 is 0 Å². The van der Waals surface area contributed by atoms with Gasteiger partial charge in [0, 0.05) is 16.6 Å². The molecule has 4 nitrogen and oxygen atoms in total. The minimum Gasteiger partial charge on any atom is -0.387 e. The van der Waals surface area contributed by atoms with Gasteiger partial charge >= 0.3 is 0 Å². The maximum atomic E-state index is 11.1. The molecule has 0 aliphatic heterocycles. The van der Waals surface area contributed by atoms with E-state index in [-0.39, 0.29) is 6.54 Å². The highest BCUT2D eigenvalue weighted by molar-refractivity contribution is 6.34. The zero-order valence-electron chi connectivity index (χ0n) is 9.15. The first kappa shape index (κ1) is 14.3. The number of amides is 1. The summed E-state index contributed by atoms with van der Waals surface area (Å²) in [4.78, 5) is 11.1. The summed E-state index contributed by atoms with van der Waals surface area (Å²) in [6.45, 7) is 1.33. The van der Waals surface area contributed by atoms with Crippen LogP contribution in [0.4, 0.5) is 0 Å². The van der Waals surface area contributed by atoms with E-state index < -0.39 is 18.1 Å². The van der Waals surface area contributed by atoms with Crippen LogP contribution in [0.1, 0.15) is 18.6 Å². The van der Waals surface area contributed by atoms with E-state index in [2.05, 4.69) is 5.32 Å². The van der Waals surface area contributed by atoms with E-state index in [0.29, 0.717) is 15.6 Å². The van der Waals surface area contributed by atoms with Gasteiger partial charge in [-0.05, 0) is 30.7 Å². The Morgan fingerprint density at radius 1 is 1.29 bits per heavy atom. The van der Waals surface area contributed by atoms with Crippen LogP contribution >= 0.6 is 23.2 Å². The zero-order chi connectivity index (χ0) is 13.0. The first-order chi connectivity index (χ1) is 7.90. The Kier molecular flexibility index (Phi) is 5.21. The molecule has 2 unspecified atom stereocenters. The third kappa shape index (κ3) is 4.52. The fourth-order valence-corrected chi connectivity index (χ4v) is 1.77. The van der Waals surface area contributed by atoms with Crippen LogP contribution in [0.15, 0.2) is 18.2 Å². The van der Waals surface area contributed by atoms with Crippen molar-refractivity contribution in [1.29, 1.82) is 0 Å². The molecule has 1 rings (SSSR count). The van der Waals surface area contributed by atoms with Gasteiger partial charge in [-0.1, -0.05) is 23.2 Å². The molecule has 94 valence electrons. The molecule has 0 aliphatic rings. The van der Waals surface area contributed by atoms with Crippen LogP contribution in [-0.4, -0.2) is 28.8 Å². The van der Waals surface area contributed by atoms with E-state index in [1.165, 1.54) is 6.92 Å². The molecule has 0 saturated heterocycles. The average molecular weight is 278 g/mol. The maximum Gasteiger partial charge on any atom is 0.248 e. The minimum atomic E-state index is -1.11. The fraction of sp³-hybridized carbons (Fsp3) is 0.364. The molecule has 1 amide bonds. The van der Waals surface area contributed by atoms with Crippen molar-refractivity contribution in [2.75, 3.05) is 6.54 Å². The lowest BCUT2D eigenvalue weighted by Crippen LogP contribution is -2.35. The van der Waals surface area contributed by atoms with Gasteiger partial charge in [0.25, 0.3) is 0 Å². The van der Waals surface area contributed by atoms with Gasteiger partial charge in [-0.3, -0.25) is 4.79 Å². The van der Waals surface area contributed by atoms with E-state index in [9.17, 15) is 9.90 Å². The van der Waals surface area contributed by atoms with Crippen LogP contribution in [0.25, 0.3) is 0 Å². The molecular formula is C11H13Cl2NO3. The molecule has 1 aromatic carbocycles.